The Kier molecular flexibility index (Phi) is 8.05. The molecule has 2 unspecified atom stereocenters. The Hall–Kier alpha value is -3.87. The molecular formula is C26H32N6O5S. The molecule has 6 N–H and O–H groups in total. The minimum absolute atomic E-state index is 0.0597. The average Bonchev–Trinajstić information content (AvgIpc) is 3.21. The summed E-state index contributed by atoms with van der Waals surface area (Å²) in [5.74, 6) is -0.593. The second-order valence-corrected chi connectivity index (χ2v) is 11.2. The number of hydrogen-bond donors (Lipinski definition) is 5. The van der Waals surface area contributed by atoms with Gasteiger partial charge in [-0.3, -0.25) is 4.72 Å². The Labute approximate surface area is 221 Å². The first kappa shape index (κ1) is 27.2. The normalized spacial score (nSPS) is 15.3. The summed E-state index contributed by atoms with van der Waals surface area (Å²) in [6, 6.07) is 14.4. The fourth-order valence-electron chi connectivity index (χ4n) is 4.36. The molecule has 0 fully saturated rings. The molecule has 0 spiro atoms. The lowest BCUT2D eigenvalue weighted by Crippen LogP contribution is -2.45. The summed E-state index contributed by atoms with van der Waals surface area (Å²) in [4.78, 5) is 17.7. The molecule has 0 bridgehead atoms. The van der Waals surface area contributed by atoms with Crippen molar-refractivity contribution < 1.29 is 23.4 Å². The van der Waals surface area contributed by atoms with Crippen LogP contribution in [0, 0.1) is 0 Å². The standard InChI is InChI=1S/C26H32N6O5S/c1-17(28-14-25(33)31-10-9-24(27)29-16-31)11-19-5-8-22-20(12-19)13-23(26(34)35)32(22)15-18-3-6-21(7-4-18)30-38(2,36)37/h3-9,12-13,16-17,25,28,30,33H,10-11,14-15,27H2,1-2H3,(H,34,35). The molecule has 0 saturated heterocycles. The van der Waals surface area contributed by atoms with Gasteiger partial charge in [0.2, 0.25) is 10.0 Å². The van der Waals surface area contributed by atoms with Crippen molar-refractivity contribution in [1.82, 2.24) is 14.8 Å². The van der Waals surface area contributed by atoms with Crippen molar-refractivity contribution in [3.8, 4) is 0 Å². The first-order chi connectivity index (χ1) is 18.0. The highest BCUT2D eigenvalue weighted by Crippen LogP contribution is 2.24. The van der Waals surface area contributed by atoms with Crippen LogP contribution in [-0.4, -0.2) is 72.0 Å². The molecule has 1 aliphatic rings. The van der Waals surface area contributed by atoms with Crippen molar-refractivity contribution in [1.29, 1.82) is 0 Å². The van der Waals surface area contributed by atoms with E-state index in [-0.39, 0.29) is 11.7 Å². The lowest BCUT2D eigenvalue weighted by Gasteiger charge is -2.27. The van der Waals surface area contributed by atoms with E-state index >= 15 is 0 Å². The second kappa shape index (κ2) is 11.3. The fourth-order valence-corrected chi connectivity index (χ4v) is 4.92. The second-order valence-electron chi connectivity index (χ2n) is 9.45. The molecule has 1 aromatic heterocycles. The minimum Gasteiger partial charge on any atom is -0.477 e. The quantitative estimate of drug-likeness (QED) is 0.246. The van der Waals surface area contributed by atoms with Crippen LogP contribution in [0.25, 0.3) is 10.9 Å². The number of nitrogens with one attached hydrogen (secondary N) is 2. The number of carboxylic acid groups (broad SMARTS) is 1. The van der Waals surface area contributed by atoms with Gasteiger partial charge in [-0.05, 0) is 60.9 Å². The van der Waals surface area contributed by atoms with Crippen LogP contribution in [0.15, 0.2) is 65.4 Å². The molecule has 2 heterocycles. The van der Waals surface area contributed by atoms with E-state index in [1.165, 1.54) is 6.34 Å². The molecule has 1 aliphatic heterocycles. The Morgan fingerprint density at radius 2 is 1.87 bits per heavy atom. The van der Waals surface area contributed by atoms with Gasteiger partial charge in [0, 0.05) is 42.3 Å². The maximum atomic E-state index is 12.0. The molecule has 12 heteroatoms. The van der Waals surface area contributed by atoms with Gasteiger partial charge in [-0.1, -0.05) is 18.2 Å². The molecule has 3 aromatic rings. The summed E-state index contributed by atoms with van der Waals surface area (Å²) in [6.07, 6.45) is 4.30. The maximum Gasteiger partial charge on any atom is 0.352 e. The van der Waals surface area contributed by atoms with Crippen molar-refractivity contribution >= 4 is 38.9 Å². The van der Waals surface area contributed by atoms with Gasteiger partial charge in [-0.2, -0.15) is 0 Å². The molecule has 2 atom stereocenters. The summed E-state index contributed by atoms with van der Waals surface area (Å²) in [5.41, 5.74) is 8.89. The van der Waals surface area contributed by atoms with E-state index in [4.69, 9.17) is 5.73 Å². The smallest absolute Gasteiger partial charge is 0.352 e. The summed E-state index contributed by atoms with van der Waals surface area (Å²) < 4.78 is 27.0. The number of aromatic nitrogens is 1. The van der Waals surface area contributed by atoms with Crippen LogP contribution >= 0.6 is 0 Å². The zero-order valence-corrected chi connectivity index (χ0v) is 22.0. The van der Waals surface area contributed by atoms with Gasteiger partial charge < -0.3 is 30.7 Å². The number of aliphatic hydroxyl groups is 1. The fraction of sp³-hybridized carbons (Fsp3) is 0.308. The molecule has 202 valence electrons. The van der Waals surface area contributed by atoms with Crippen LogP contribution in [0.2, 0.25) is 0 Å². The Morgan fingerprint density at radius 3 is 2.50 bits per heavy atom. The lowest BCUT2D eigenvalue weighted by atomic mass is 10.1. The Morgan fingerprint density at radius 1 is 1.16 bits per heavy atom. The number of benzene rings is 2. The van der Waals surface area contributed by atoms with Gasteiger partial charge in [0.25, 0.3) is 0 Å². The number of aromatic carboxylic acids is 1. The first-order valence-electron chi connectivity index (χ1n) is 12.1. The van der Waals surface area contributed by atoms with E-state index in [0.29, 0.717) is 37.6 Å². The summed E-state index contributed by atoms with van der Waals surface area (Å²) in [6.45, 7) is 3.18. The highest BCUT2D eigenvalue weighted by atomic mass is 32.2. The van der Waals surface area contributed by atoms with Crippen molar-refractivity contribution in [2.75, 3.05) is 24.1 Å². The van der Waals surface area contributed by atoms with Crippen molar-refractivity contribution in [3.05, 3.63) is 77.2 Å². The number of sulfonamides is 1. The largest absolute Gasteiger partial charge is 0.477 e. The Bertz CT molecular complexity index is 1480. The number of nitrogens with zero attached hydrogens (tertiary/aromatic N) is 3. The van der Waals surface area contributed by atoms with Crippen molar-refractivity contribution in [2.24, 2.45) is 10.7 Å². The number of rotatable bonds is 11. The number of aliphatic hydroxyl groups excluding tert-OH is 1. The molecule has 4 rings (SSSR count). The monoisotopic (exact) mass is 540 g/mol. The van der Waals surface area contributed by atoms with E-state index in [0.717, 1.165) is 28.3 Å². The highest BCUT2D eigenvalue weighted by molar-refractivity contribution is 7.92. The third-order valence-electron chi connectivity index (χ3n) is 6.22. The molecule has 0 aliphatic carbocycles. The van der Waals surface area contributed by atoms with Crippen LogP contribution in [0.3, 0.4) is 0 Å². The van der Waals surface area contributed by atoms with E-state index in [2.05, 4.69) is 15.0 Å². The number of aliphatic imine (C=N–C) groups is 1. The minimum atomic E-state index is -3.38. The average molecular weight is 541 g/mol. The van der Waals surface area contributed by atoms with Gasteiger partial charge in [0.1, 0.15) is 17.7 Å². The molecule has 11 nitrogen and oxygen atoms in total. The number of anilines is 1. The zero-order chi connectivity index (χ0) is 27.4. The van der Waals surface area contributed by atoms with E-state index < -0.39 is 22.2 Å². The molecule has 0 saturated carbocycles. The summed E-state index contributed by atoms with van der Waals surface area (Å²) >= 11 is 0. The predicted molar refractivity (Wildman–Crippen MR) is 148 cm³/mol. The third kappa shape index (κ3) is 6.91. The number of carboxylic acids is 1. The molecule has 0 radical (unpaired) electrons. The molecule has 2 aromatic carbocycles. The van der Waals surface area contributed by atoms with Crippen molar-refractivity contribution in [3.63, 3.8) is 0 Å². The van der Waals surface area contributed by atoms with Gasteiger partial charge in [0.05, 0.1) is 12.6 Å². The molecular weight excluding hydrogens is 508 g/mol. The summed E-state index contributed by atoms with van der Waals surface area (Å²) in [7, 11) is -3.38. The third-order valence-corrected chi connectivity index (χ3v) is 6.83. The number of hydrogen-bond acceptors (Lipinski definition) is 8. The van der Waals surface area contributed by atoms with Gasteiger partial charge in [-0.25, -0.2) is 18.2 Å². The number of nitrogens with two attached hydrogens (primary N) is 1. The van der Waals surface area contributed by atoms with Crippen LogP contribution in [-0.2, 0) is 23.0 Å². The van der Waals surface area contributed by atoms with Crippen molar-refractivity contribution in [2.45, 2.75) is 32.2 Å². The maximum absolute atomic E-state index is 12.0. The predicted octanol–water partition coefficient (Wildman–Crippen LogP) is 1.74. The number of fused-ring (bicyclic) bond motifs is 1. The van der Waals surface area contributed by atoms with E-state index in [1.807, 2.05) is 25.1 Å². The molecule has 38 heavy (non-hydrogen) atoms. The first-order valence-corrected chi connectivity index (χ1v) is 14.0. The zero-order valence-electron chi connectivity index (χ0n) is 21.2. The van der Waals surface area contributed by atoms with Crippen LogP contribution in [0.1, 0.15) is 28.5 Å². The van der Waals surface area contributed by atoms with Crippen LogP contribution in [0.5, 0.6) is 0 Å². The van der Waals surface area contributed by atoms with E-state index in [9.17, 15) is 23.4 Å². The van der Waals surface area contributed by atoms with Gasteiger partial charge in [-0.15, -0.1) is 0 Å². The van der Waals surface area contributed by atoms with E-state index in [1.54, 1.807) is 45.9 Å². The topological polar surface area (TPSA) is 162 Å². The van der Waals surface area contributed by atoms with Crippen LogP contribution < -0.4 is 15.8 Å². The SMILES string of the molecule is CC(Cc1ccc2c(c1)cc(C(=O)O)n2Cc1ccc(NS(C)(=O)=O)cc1)NCC(O)N1C=NC(N)=CC1. The molecule has 0 amide bonds. The van der Waals surface area contributed by atoms with Crippen LogP contribution in [0.4, 0.5) is 5.69 Å². The lowest BCUT2D eigenvalue weighted by molar-refractivity contribution is 0.0606. The summed E-state index contributed by atoms with van der Waals surface area (Å²) in [5, 5.41) is 24.4. The Balaban J connectivity index is 1.44. The van der Waals surface area contributed by atoms with Gasteiger partial charge >= 0.3 is 5.97 Å². The van der Waals surface area contributed by atoms with Gasteiger partial charge in [0.15, 0.2) is 0 Å². The highest BCUT2D eigenvalue weighted by Gasteiger charge is 2.18. The number of carbonyl (C=O) groups is 1.